The Morgan fingerprint density at radius 3 is 1.89 bits per heavy atom. The molecule has 19 heavy (non-hydrogen) atoms. The number of hydrogen-bond acceptors (Lipinski definition) is 2. The molecule has 1 N–H and O–H groups in total. The van der Waals surface area contributed by atoms with Gasteiger partial charge in [0.25, 0.3) is 0 Å². The molecule has 0 saturated heterocycles. The third-order valence-corrected chi connectivity index (χ3v) is 3.54. The molecule has 0 radical (unpaired) electrons. The van der Waals surface area contributed by atoms with Gasteiger partial charge in [-0.2, -0.15) is 0 Å². The SMILES string of the molecule is CCC(O)(CC)c1ccc(Oc2ccccc2)cc1. The fourth-order valence-electron chi connectivity index (χ4n) is 2.12. The smallest absolute Gasteiger partial charge is 0.127 e. The molecule has 0 unspecified atom stereocenters. The second kappa shape index (κ2) is 5.89. The van der Waals surface area contributed by atoms with Crippen LogP contribution in [0.15, 0.2) is 54.6 Å². The molecular weight excluding hydrogens is 236 g/mol. The van der Waals surface area contributed by atoms with Crippen molar-refractivity contribution in [2.45, 2.75) is 32.3 Å². The summed E-state index contributed by atoms with van der Waals surface area (Å²) >= 11 is 0. The minimum atomic E-state index is -0.731. The molecule has 0 aromatic heterocycles. The lowest BCUT2D eigenvalue weighted by Gasteiger charge is -2.25. The summed E-state index contributed by atoms with van der Waals surface area (Å²) in [7, 11) is 0. The number of ether oxygens (including phenoxy) is 1. The minimum Gasteiger partial charge on any atom is -0.457 e. The summed E-state index contributed by atoms with van der Waals surface area (Å²) in [6, 6.07) is 17.4. The van der Waals surface area contributed by atoms with Gasteiger partial charge in [0.05, 0.1) is 5.60 Å². The van der Waals surface area contributed by atoms with Gasteiger partial charge in [-0.15, -0.1) is 0 Å². The van der Waals surface area contributed by atoms with Gasteiger partial charge in [0.1, 0.15) is 11.5 Å². The van der Waals surface area contributed by atoms with Crippen LogP contribution in [0.2, 0.25) is 0 Å². The van der Waals surface area contributed by atoms with Gasteiger partial charge in [-0.05, 0) is 42.7 Å². The van der Waals surface area contributed by atoms with Gasteiger partial charge in [0.15, 0.2) is 0 Å². The van der Waals surface area contributed by atoms with Crippen molar-refractivity contribution in [1.29, 1.82) is 0 Å². The first-order valence-electron chi connectivity index (χ1n) is 6.74. The number of rotatable bonds is 5. The highest BCUT2D eigenvalue weighted by Gasteiger charge is 2.24. The van der Waals surface area contributed by atoms with E-state index in [0.717, 1.165) is 17.1 Å². The molecule has 0 bridgehead atoms. The van der Waals surface area contributed by atoms with Crippen LogP contribution in [-0.4, -0.2) is 5.11 Å². The van der Waals surface area contributed by atoms with E-state index < -0.39 is 5.60 Å². The zero-order valence-electron chi connectivity index (χ0n) is 11.5. The van der Waals surface area contributed by atoms with E-state index in [0.29, 0.717) is 12.8 Å². The molecule has 0 atom stereocenters. The molecule has 0 amide bonds. The topological polar surface area (TPSA) is 29.5 Å². The Kier molecular flexibility index (Phi) is 4.23. The first-order valence-corrected chi connectivity index (χ1v) is 6.74. The summed E-state index contributed by atoms with van der Waals surface area (Å²) in [5.41, 5.74) is 0.212. The van der Waals surface area contributed by atoms with Crippen molar-refractivity contribution in [2.75, 3.05) is 0 Å². The molecule has 2 aromatic carbocycles. The normalized spacial score (nSPS) is 11.3. The fourth-order valence-corrected chi connectivity index (χ4v) is 2.12. The zero-order chi connectivity index (χ0) is 13.7. The van der Waals surface area contributed by atoms with Gasteiger partial charge in [-0.3, -0.25) is 0 Å². The average Bonchev–Trinajstić information content (AvgIpc) is 2.48. The first-order chi connectivity index (χ1) is 9.18. The predicted molar refractivity (Wildman–Crippen MR) is 77.4 cm³/mol. The van der Waals surface area contributed by atoms with Crippen LogP contribution in [0.1, 0.15) is 32.3 Å². The molecule has 0 spiro atoms. The Labute approximate surface area is 114 Å². The van der Waals surface area contributed by atoms with Gasteiger partial charge < -0.3 is 9.84 Å². The molecular formula is C17H20O2. The Morgan fingerprint density at radius 1 is 0.842 bits per heavy atom. The molecule has 2 nitrogen and oxygen atoms in total. The average molecular weight is 256 g/mol. The Morgan fingerprint density at radius 2 is 1.37 bits per heavy atom. The highest BCUT2D eigenvalue weighted by atomic mass is 16.5. The highest BCUT2D eigenvalue weighted by Crippen LogP contribution is 2.30. The number of hydrogen-bond donors (Lipinski definition) is 1. The van der Waals surface area contributed by atoms with Gasteiger partial charge >= 0.3 is 0 Å². The summed E-state index contributed by atoms with van der Waals surface area (Å²) in [5.74, 6) is 1.60. The van der Waals surface area contributed by atoms with Crippen LogP contribution in [0.4, 0.5) is 0 Å². The van der Waals surface area contributed by atoms with E-state index in [-0.39, 0.29) is 0 Å². The Bertz CT molecular complexity index is 499. The van der Waals surface area contributed by atoms with Crippen LogP contribution in [0.25, 0.3) is 0 Å². The van der Waals surface area contributed by atoms with Gasteiger partial charge in [-0.1, -0.05) is 44.2 Å². The van der Waals surface area contributed by atoms with Crippen LogP contribution in [0, 0.1) is 0 Å². The van der Waals surface area contributed by atoms with Crippen molar-refractivity contribution >= 4 is 0 Å². The summed E-state index contributed by atoms with van der Waals surface area (Å²) in [5, 5.41) is 10.4. The third kappa shape index (κ3) is 3.15. The van der Waals surface area contributed by atoms with Crippen molar-refractivity contribution in [1.82, 2.24) is 0 Å². The molecule has 100 valence electrons. The number of aliphatic hydroxyl groups is 1. The second-order valence-corrected chi connectivity index (χ2v) is 4.68. The van der Waals surface area contributed by atoms with Crippen LogP contribution in [0.3, 0.4) is 0 Å². The largest absolute Gasteiger partial charge is 0.457 e. The number of para-hydroxylation sites is 1. The van der Waals surface area contributed by atoms with Crippen LogP contribution in [-0.2, 0) is 5.60 Å². The van der Waals surface area contributed by atoms with E-state index >= 15 is 0 Å². The minimum absolute atomic E-state index is 0.711. The maximum absolute atomic E-state index is 10.4. The fraction of sp³-hybridized carbons (Fsp3) is 0.294. The molecule has 2 heteroatoms. The zero-order valence-corrected chi connectivity index (χ0v) is 11.5. The van der Waals surface area contributed by atoms with Crippen molar-refractivity contribution in [3.8, 4) is 11.5 Å². The van der Waals surface area contributed by atoms with Crippen LogP contribution in [0.5, 0.6) is 11.5 Å². The standard InChI is InChI=1S/C17H20O2/c1-3-17(18,4-2)14-10-12-16(13-11-14)19-15-8-6-5-7-9-15/h5-13,18H,3-4H2,1-2H3. The van der Waals surface area contributed by atoms with Crippen molar-refractivity contribution in [3.05, 3.63) is 60.2 Å². The van der Waals surface area contributed by atoms with Crippen molar-refractivity contribution in [3.63, 3.8) is 0 Å². The molecule has 0 aliphatic rings. The summed E-state index contributed by atoms with van der Waals surface area (Å²) < 4.78 is 5.73. The molecule has 0 saturated carbocycles. The van der Waals surface area contributed by atoms with E-state index in [2.05, 4.69) is 0 Å². The predicted octanol–water partition coefficient (Wildman–Crippen LogP) is 4.49. The molecule has 0 heterocycles. The van der Waals surface area contributed by atoms with Gasteiger partial charge in [-0.25, -0.2) is 0 Å². The maximum Gasteiger partial charge on any atom is 0.127 e. The molecule has 0 aliphatic heterocycles. The van der Waals surface area contributed by atoms with E-state index in [1.807, 2.05) is 68.4 Å². The third-order valence-electron chi connectivity index (χ3n) is 3.54. The van der Waals surface area contributed by atoms with E-state index in [4.69, 9.17) is 4.74 Å². The van der Waals surface area contributed by atoms with Crippen LogP contribution < -0.4 is 4.74 Å². The quantitative estimate of drug-likeness (QED) is 0.854. The second-order valence-electron chi connectivity index (χ2n) is 4.68. The lowest BCUT2D eigenvalue weighted by molar-refractivity contribution is 0.0283. The first kappa shape index (κ1) is 13.6. The lowest BCUT2D eigenvalue weighted by atomic mass is 9.89. The van der Waals surface area contributed by atoms with Crippen molar-refractivity contribution < 1.29 is 9.84 Å². The van der Waals surface area contributed by atoms with Gasteiger partial charge in [0, 0.05) is 0 Å². The van der Waals surface area contributed by atoms with Crippen LogP contribution >= 0.6 is 0 Å². The summed E-state index contributed by atoms with van der Waals surface area (Å²) in [6.07, 6.45) is 1.42. The molecule has 2 aromatic rings. The lowest BCUT2D eigenvalue weighted by Crippen LogP contribution is -2.23. The Balaban J connectivity index is 2.15. The summed E-state index contributed by atoms with van der Waals surface area (Å²) in [4.78, 5) is 0. The molecule has 2 rings (SSSR count). The monoisotopic (exact) mass is 256 g/mol. The van der Waals surface area contributed by atoms with Crippen molar-refractivity contribution in [2.24, 2.45) is 0 Å². The molecule has 0 aliphatic carbocycles. The van der Waals surface area contributed by atoms with E-state index in [1.165, 1.54) is 0 Å². The Hall–Kier alpha value is -1.80. The summed E-state index contributed by atoms with van der Waals surface area (Å²) in [6.45, 7) is 4.00. The van der Waals surface area contributed by atoms with E-state index in [1.54, 1.807) is 0 Å². The maximum atomic E-state index is 10.4. The van der Waals surface area contributed by atoms with Gasteiger partial charge in [0.2, 0.25) is 0 Å². The molecule has 0 fully saturated rings. The van der Waals surface area contributed by atoms with E-state index in [9.17, 15) is 5.11 Å². The highest BCUT2D eigenvalue weighted by molar-refractivity contribution is 5.34. The number of benzene rings is 2.